The lowest BCUT2D eigenvalue weighted by molar-refractivity contribution is -0.139. The lowest BCUT2D eigenvalue weighted by Gasteiger charge is -2.26. The van der Waals surface area contributed by atoms with Crippen molar-refractivity contribution >= 4 is 54.7 Å². The number of carboxylic acids is 1. The summed E-state index contributed by atoms with van der Waals surface area (Å²) in [5, 5.41) is 24.9. The van der Waals surface area contributed by atoms with E-state index in [1.54, 1.807) is 93.6 Å². The molecular weight excluding hydrogens is 934 g/mol. The van der Waals surface area contributed by atoms with Crippen LogP contribution in [0.4, 0.5) is 4.79 Å². The normalized spacial score (nSPS) is 12.5. The van der Waals surface area contributed by atoms with Crippen LogP contribution < -0.4 is 24.2 Å². The number of sulfonamides is 2. The number of hydrogen-bond acceptors (Lipinski definition) is 13. The Morgan fingerprint density at radius 2 is 1.30 bits per heavy atom. The molecule has 0 saturated carbocycles. The molecule has 1 amide bonds. The first kappa shape index (κ1) is 45.7. The van der Waals surface area contributed by atoms with Gasteiger partial charge in [-0.15, -0.1) is 10.2 Å². The number of amides is 1. The Kier molecular flexibility index (Phi) is 14.7. The van der Waals surface area contributed by atoms with Gasteiger partial charge in [0, 0.05) is 23.2 Å². The summed E-state index contributed by atoms with van der Waals surface area (Å²) in [6.45, 7) is 3.50. The molecule has 0 aliphatic rings. The first-order valence-corrected chi connectivity index (χ1v) is 22.1. The molecule has 0 bridgehead atoms. The Bertz CT molecular complexity index is 2460. The molecule has 60 heavy (non-hydrogen) atoms. The number of aromatic nitrogens is 4. The molecule has 1 heterocycles. The van der Waals surface area contributed by atoms with Gasteiger partial charge in [-0.1, -0.05) is 36.4 Å². The number of aliphatic carboxylic acids is 1. The molecule has 21 heteroatoms. The largest absolute Gasteiger partial charge is 0.497 e. The number of carbonyl (C=O) groups excluding carboxylic acids is 1. The summed E-state index contributed by atoms with van der Waals surface area (Å²) < 4.78 is 84.1. The minimum Gasteiger partial charge on any atom is -0.497 e. The summed E-state index contributed by atoms with van der Waals surface area (Å²) in [4.78, 5) is 24.5. The van der Waals surface area contributed by atoms with Crippen LogP contribution in [0.3, 0.4) is 0 Å². The number of halogens is 1. The van der Waals surface area contributed by atoms with E-state index in [1.807, 2.05) is 22.6 Å². The molecule has 0 radical (unpaired) electrons. The molecule has 1 aromatic heterocycles. The van der Waals surface area contributed by atoms with Crippen LogP contribution in [0.15, 0.2) is 94.7 Å². The molecule has 4 aromatic carbocycles. The second-order valence-corrected chi connectivity index (χ2v) is 18.9. The zero-order valence-electron chi connectivity index (χ0n) is 33.4. The number of carboxylic acid groups (broad SMARTS) is 1. The van der Waals surface area contributed by atoms with Crippen molar-refractivity contribution in [1.29, 1.82) is 0 Å². The Morgan fingerprint density at radius 3 is 1.77 bits per heavy atom. The molecule has 5 rings (SSSR count). The molecule has 0 aliphatic carbocycles. The van der Waals surface area contributed by atoms with Crippen molar-refractivity contribution in [3.63, 3.8) is 0 Å². The molecule has 0 fully saturated rings. The fourth-order valence-corrected chi connectivity index (χ4v) is 10.00. The van der Waals surface area contributed by atoms with Crippen molar-refractivity contribution in [2.75, 3.05) is 27.9 Å². The molecule has 18 nitrogen and oxygen atoms in total. The Labute approximate surface area is 361 Å². The number of benzene rings is 4. The van der Waals surface area contributed by atoms with E-state index in [4.69, 9.17) is 18.9 Å². The van der Waals surface area contributed by atoms with Gasteiger partial charge in [0.05, 0.1) is 33.4 Å². The topological polar surface area (TPSA) is 230 Å². The van der Waals surface area contributed by atoms with Gasteiger partial charge in [0.25, 0.3) is 0 Å². The number of rotatable bonds is 18. The van der Waals surface area contributed by atoms with Gasteiger partial charge in [-0.05, 0) is 114 Å². The number of nitrogens with zero attached hydrogens (tertiary/aromatic N) is 5. The highest BCUT2D eigenvalue weighted by molar-refractivity contribution is 14.1. The van der Waals surface area contributed by atoms with E-state index >= 15 is 8.42 Å². The first-order valence-electron chi connectivity index (χ1n) is 18.0. The minimum absolute atomic E-state index is 0.123. The summed E-state index contributed by atoms with van der Waals surface area (Å²) in [5.41, 5.74) is 0.700. The van der Waals surface area contributed by atoms with Crippen LogP contribution in [0.2, 0.25) is 0 Å². The summed E-state index contributed by atoms with van der Waals surface area (Å²) in [6, 6.07) is 21.1. The third-order valence-electron chi connectivity index (χ3n) is 8.62. The smallest absolute Gasteiger partial charge is 0.408 e. The predicted molar refractivity (Wildman–Crippen MR) is 226 cm³/mol. The average Bonchev–Trinajstić information content (AvgIpc) is 3.66. The van der Waals surface area contributed by atoms with Crippen molar-refractivity contribution in [3.05, 3.63) is 105 Å². The first-order chi connectivity index (χ1) is 28.3. The molecule has 1 atom stereocenters. The monoisotopic (exact) mass is 977 g/mol. The number of carbonyl (C=O) groups is 2. The SMILES string of the molecule is COc1ccc(CN(Cc2ccc(OC)cc2)S(=O)(=O)c2c(S(=O)(=O)NC[C@H](NC(=O)OC(C)(C)C)C(=O)O)ccc(I)c2-c2nnn(Cc3ccc(OC)cc3)n2)cc1. The van der Waals surface area contributed by atoms with Crippen LogP contribution in [0, 0.1) is 3.57 Å². The highest BCUT2D eigenvalue weighted by Gasteiger charge is 2.38. The zero-order valence-corrected chi connectivity index (χ0v) is 37.2. The molecule has 5 aromatic rings. The summed E-state index contributed by atoms with van der Waals surface area (Å²) in [7, 11) is -5.26. The van der Waals surface area contributed by atoms with Gasteiger partial charge in [0.1, 0.15) is 38.7 Å². The maximum atomic E-state index is 15.4. The molecular formula is C39H44IN7O11S2. The van der Waals surface area contributed by atoms with Crippen LogP contribution in [0.1, 0.15) is 37.5 Å². The standard InChI is InChI=1S/C39H44IN7O11S2/c1-39(2,3)58-38(50)42-32(37(48)49)21-41-59(51,52)33-20-19-31(40)34(36-43-45-47(44-36)24-27-11-17-30(57-6)18-12-27)35(33)60(53,54)46(22-25-7-13-28(55-4)14-8-25)23-26-9-15-29(56-5)16-10-26/h7-20,32,41H,21-24H2,1-6H3,(H,42,50)(H,48,49)/t32-/m0/s1. The summed E-state index contributed by atoms with van der Waals surface area (Å²) in [5.74, 6) is -0.0827. The van der Waals surface area contributed by atoms with Gasteiger partial charge in [-0.25, -0.2) is 31.1 Å². The van der Waals surface area contributed by atoms with Crippen LogP contribution in [-0.2, 0) is 49.2 Å². The molecule has 0 aliphatic heterocycles. The van der Waals surface area contributed by atoms with E-state index in [1.165, 1.54) is 32.2 Å². The van der Waals surface area contributed by atoms with Crippen LogP contribution >= 0.6 is 22.6 Å². The molecule has 0 unspecified atom stereocenters. The van der Waals surface area contributed by atoms with Crippen molar-refractivity contribution in [1.82, 2.24) is 34.6 Å². The van der Waals surface area contributed by atoms with Gasteiger partial charge in [0.15, 0.2) is 0 Å². The summed E-state index contributed by atoms with van der Waals surface area (Å²) >= 11 is 1.87. The van der Waals surface area contributed by atoms with Crippen molar-refractivity contribution in [3.8, 4) is 28.6 Å². The highest BCUT2D eigenvalue weighted by atomic mass is 127. The third-order valence-corrected chi connectivity index (χ3v) is 13.0. The molecule has 0 spiro atoms. The quantitative estimate of drug-likeness (QED) is 0.101. The fourth-order valence-electron chi connectivity index (χ4n) is 5.66. The van der Waals surface area contributed by atoms with Gasteiger partial charge >= 0.3 is 12.1 Å². The summed E-state index contributed by atoms with van der Waals surface area (Å²) in [6.07, 6.45) is -1.11. The zero-order chi connectivity index (χ0) is 43.8. The van der Waals surface area contributed by atoms with E-state index in [9.17, 15) is 23.1 Å². The number of hydrogen-bond donors (Lipinski definition) is 3. The van der Waals surface area contributed by atoms with E-state index in [2.05, 4.69) is 25.4 Å². The third kappa shape index (κ3) is 11.7. The fraction of sp³-hybridized carbons (Fsp3) is 0.308. The van der Waals surface area contributed by atoms with Crippen molar-refractivity contribution in [2.45, 2.75) is 61.8 Å². The average molecular weight is 978 g/mol. The van der Waals surface area contributed by atoms with Gasteiger partial charge in [0.2, 0.25) is 25.9 Å². The van der Waals surface area contributed by atoms with Gasteiger partial charge < -0.3 is 29.4 Å². The lowest BCUT2D eigenvalue weighted by Crippen LogP contribution is -2.49. The maximum absolute atomic E-state index is 15.4. The number of ether oxygens (including phenoxy) is 4. The number of alkyl carbamates (subject to hydrolysis) is 1. The number of nitrogens with one attached hydrogen (secondary N) is 2. The number of methoxy groups -OCH3 is 3. The second-order valence-electron chi connectivity index (χ2n) is 14.1. The van der Waals surface area contributed by atoms with E-state index in [-0.39, 0.29) is 34.6 Å². The van der Waals surface area contributed by atoms with Crippen LogP contribution in [0.25, 0.3) is 11.4 Å². The van der Waals surface area contributed by atoms with E-state index in [0.29, 0.717) is 28.4 Å². The molecule has 320 valence electrons. The van der Waals surface area contributed by atoms with Crippen molar-refractivity contribution in [2.24, 2.45) is 0 Å². The number of tetrazole rings is 1. The Balaban J connectivity index is 1.66. The van der Waals surface area contributed by atoms with Gasteiger partial charge in [-0.2, -0.15) is 9.10 Å². The predicted octanol–water partition coefficient (Wildman–Crippen LogP) is 4.67. The van der Waals surface area contributed by atoms with Crippen molar-refractivity contribution < 1.29 is 50.5 Å². The van der Waals surface area contributed by atoms with Crippen LogP contribution in [0.5, 0.6) is 17.2 Å². The molecule has 3 N–H and O–H groups in total. The Hall–Kier alpha value is -5.36. The second kappa shape index (κ2) is 19.4. The molecule has 0 saturated heterocycles. The lowest BCUT2D eigenvalue weighted by atomic mass is 10.2. The van der Waals surface area contributed by atoms with Gasteiger partial charge in [-0.3, -0.25) is 0 Å². The minimum atomic E-state index is -4.91. The van der Waals surface area contributed by atoms with E-state index in [0.717, 1.165) is 15.9 Å². The van der Waals surface area contributed by atoms with E-state index < -0.39 is 60.1 Å². The van der Waals surface area contributed by atoms with Crippen LogP contribution in [-0.4, -0.2) is 98.0 Å². The maximum Gasteiger partial charge on any atom is 0.408 e. The Morgan fingerprint density at radius 1 is 0.800 bits per heavy atom. The highest BCUT2D eigenvalue weighted by Crippen LogP contribution is 2.38.